The summed E-state index contributed by atoms with van der Waals surface area (Å²) in [5.74, 6) is 1.14. The molecule has 7 heteroatoms. The number of benzene rings is 2. The third kappa shape index (κ3) is 7.31. The van der Waals surface area contributed by atoms with Gasteiger partial charge >= 0.3 is 0 Å². The van der Waals surface area contributed by atoms with Crippen molar-refractivity contribution in [1.82, 2.24) is 10.6 Å². The lowest BCUT2D eigenvalue weighted by molar-refractivity contribution is -0.123. The summed E-state index contributed by atoms with van der Waals surface area (Å²) < 4.78 is 10.3. The second-order valence-corrected chi connectivity index (χ2v) is 7.33. The Kier molecular flexibility index (Phi) is 9.00. The van der Waals surface area contributed by atoms with E-state index in [0.717, 1.165) is 11.4 Å². The van der Waals surface area contributed by atoms with Crippen LogP contribution in [0.1, 0.15) is 30.6 Å². The highest BCUT2D eigenvalue weighted by atomic mass is 16.5. The van der Waals surface area contributed by atoms with Crippen molar-refractivity contribution >= 4 is 17.5 Å². The number of rotatable bonds is 11. The summed E-state index contributed by atoms with van der Waals surface area (Å²) in [5.41, 5.74) is 1.40. The van der Waals surface area contributed by atoms with Crippen LogP contribution in [-0.2, 0) is 4.79 Å². The lowest BCUT2D eigenvalue weighted by atomic mass is 10.0. The molecule has 0 heterocycles. The molecule has 0 saturated heterocycles. The summed E-state index contributed by atoms with van der Waals surface area (Å²) in [6, 6.07) is 13.8. The van der Waals surface area contributed by atoms with Gasteiger partial charge in [0.25, 0.3) is 5.91 Å². The molecule has 0 aromatic heterocycles. The average Bonchev–Trinajstić information content (AvgIpc) is 2.76. The highest BCUT2D eigenvalue weighted by molar-refractivity contribution is 5.97. The molecule has 2 aromatic rings. The van der Waals surface area contributed by atoms with Crippen LogP contribution in [0.15, 0.2) is 48.5 Å². The first-order valence-electron chi connectivity index (χ1n) is 10.0. The number of carbonyl (C=O) groups is 2. The maximum atomic E-state index is 12.7. The van der Waals surface area contributed by atoms with Gasteiger partial charge in [0.15, 0.2) is 0 Å². The number of hydrogen-bond donors (Lipinski definition) is 3. The molecule has 2 amide bonds. The molecule has 7 nitrogen and oxygen atoms in total. The molecule has 0 radical (unpaired) electrons. The van der Waals surface area contributed by atoms with Gasteiger partial charge < -0.3 is 25.4 Å². The quantitative estimate of drug-likeness (QED) is 0.493. The molecule has 30 heavy (non-hydrogen) atoms. The Balaban J connectivity index is 1.88. The molecule has 1 atom stereocenters. The maximum absolute atomic E-state index is 12.7. The second-order valence-electron chi connectivity index (χ2n) is 7.33. The third-order valence-electron chi connectivity index (χ3n) is 4.50. The van der Waals surface area contributed by atoms with Gasteiger partial charge in [-0.1, -0.05) is 19.9 Å². The standard InChI is InChI=1S/C23H31N3O4/c1-16(2)14-21(26-22(27)17-6-5-7-20(15-17)30-4)23(28)25-13-12-24-18-8-10-19(29-3)11-9-18/h5-11,15-16,21,24H,12-14H2,1-4H3,(H,25,28)(H,26,27)/t21-/m0/s1. The van der Waals surface area contributed by atoms with E-state index >= 15 is 0 Å². The van der Waals surface area contributed by atoms with Crippen LogP contribution in [0, 0.1) is 5.92 Å². The van der Waals surface area contributed by atoms with E-state index in [1.54, 1.807) is 38.5 Å². The topological polar surface area (TPSA) is 88.7 Å². The molecule has 2 aromatic carbocycles. The van der Waals surface area contributed by atoms with Crippen LogP contribution < -0.4 is 25.4 Å². The summed E-state index contributed by atoms with van der Waals surface area (Å²) >= 11 is 0. The maximum Gasteiger partial charge on any atom is 0.252 e. The van der Waals surface area contributed by atoms with Crippen LogP contribution in [-0.4, -0.2) is 45.2 Å². The summed E-state index contributed by atoms with van der Waals surface area (Å²) in [6.07, 6.45) is 0.549. The molecule has 0 fully saturated rings. The molecule has 0 unspecified atom stereocenters. The summed E-state index contributed by atoms with van der Waals surface area (Å²) in [6.45, 7) is 5.04. The van der Waals surface area contributed by atoms with E-state index in [1.165, 1.54) is 0 Å². The third-order valence-corrected chi connectivity index (χ3v) is 4.50. The predicted octanol–water partition coefficient (Wildman–Crippen LogP) is 3.08. The monoisotopic (exact) mass is 413 g/mol. The van der Waals surface area contributed by atoms with Crippen molar-refractivity contribution in [3.05, 3.63) is 54.1 Å². The Hall–Kier alpha value is -3.22. The molecule has 3 N–H and O–H groups in total. The molecule has 0 aliphatic heterocycles. The number of nitrogens with one attached hydrogen (secondary N) is 3. The lowest BCUT2D eigenvalue weighted by Crippen LogP contribution is -2.48. The van der Waals surface area contributed by atoms with E-state index < -0.39 is 6.04 Å². The van der Waals surface area contributed by atoms with Crippen LogP contribution in [0.5, 0.6) is 11.5 Å². The minimum Gasteiger partial charge on any atom is -0.497 e. The highest BCUT2D eigenvalue weighted by Gasteiger charge is 2.22. The van der Waals surface area contributed by atoms with Gasteiger partial charge in [0.05, 0.1) is 14.2 Å². The van der Waals surface area contributed by atoms with Gasteiger partial charge in [0.2, 0.25) is 5.91 Å². The second kappa shape index (κ2) is 11.7. The van der Waals surface area contributed by atoms with Crippen LogP contribution >= 0.6 is 0 Å². The molecular weight excluding hydrogens is 382 g/mol. The van der Waals surface area contributed by atoms with Crippen molar-refractivity contribution in [1.29, 1.82) is 0 Å². The molecule has 0 spiro atoms. The minimum atomic E-state index is -0.607. The van der Waals surface area contributed by atoms with Gasteiger partial charge in [-0.25, -0.2) is 0 Å². The highest BCUT2D eigenvalue weighted by Crippen LogP contribution is 2.15. The zero-order valence-electron chi connectivity index (χ0n) is 18.0. The Morgan fingerprint density at radius 1 is 0.933 bits per heavy atom. The van der Waals surface area contributed by atoms with Crippen LogP contribution in [0.3, 0.4) is 0 Å². The van der Waals surface area contributed by atoms with E-state index in [0.29, 0.717) is 30.8 Å². The number of methoxy groups -OCH3 is 2. The van der Waals surface area contributed by atoms with Gasteiger partial charge in [-0.05, 0) is 54.8 Å². The van der Waals surface area contributed by atoms with Gasteiger partial charge in [0.1, 0.15) is 17.5 Å². The fraction of sp³-hybridized carbons (Fsp3) is 0.391. The molecular formula is C23H31N3O4. The first-order valence-corrected chi connectivity index (χ1v) is 10.0. The van der Waals surface area contributed by atoms with Crippen molar-refractivity contribution < 1.29 is 19.1 Å². The lowest BCUT2D eigenvalue weighted by Gasteiger charge is -2.20. The number of carbonyl (C=O) groups excluding carboxylic acids is 2. The van der Waals surface area contributed by atoms with Crippen LogP contribution in [0.25, 0.3) is 0 Å². The molecule has 0 bridgehead atoms. The smallest absolute Gasteiger partial charge is 0.252 e. The van der Waals surface area contributed by atoms with Crippen molar-refractivity contribution in [3.63, 3.8) is 0 Å². The van der Waals surface area contributed by atoms with Crippen molar-refractivity contribution in [2.24, 2.45) is 5.92 Å². The van der Waals surface area contributed by atoms with E-state index in [2.05, 4.69) is 16.0 Å². The van der Waals surface area contributed by atoms with Crippen molar-refractivity contribution in [2.75, 3.05) is 32.6 Å². The van der Waals surface area contributed by atoms with E-state index in [9.17, 15) is 9.59 Å². The van der Waals surface area contributed by atoms with Gasteiger partial charge in [-0.3, -0.25) is 9.59 Å². The molecule has 0 aliphatic carbocycles. The number of amides is 2. The Bertz CT molecular complexity index is 821. The zero-order chi connectivity index (χ0) is 21.9. The Labute approximate surface area is 178 Å². The predicted molar refractivity (Wildman–Crippen MR) is 118 cm³/mol. The van der Waals surface area contributed by atoms with E-state index in [4.69, 9.17) is 9.47 Å². The van der Waals surface area contributed by atoms with Crippen molar-refractivity contribution in [2.45, 2.75) is 26.3 Å². The fourth-order valence-electron chi connectivity index (χ4n) is 2.93. The summed E-state index contributed by atoms with van der Waals surface area (Å²) in [5, 5.41) is 8.98. The average molecular weight is 414 g/mol. The SMILES string of the molecule is COc1ccc(NCCNC(=O)[C@H](CC(C)C)NC(=O)c2cccc(OC)c2)cc1. The van der Waals surface area contributed by atoms with Gasteiger partial charge in [-0.2, -0.15) is 0 Å². The fourth-order valence-corrected chi connectivity index (χ4v) is 2.93. The summed E-state index contributed by atoms with van der Waals surface area (Å²) in [7, 11) is 3.17. The van der Waals surface area contributed by atoms with Gasteiger partial charge in [0, 0.05) is 24.3 Å². The zero-order valence-corrected chi connectivity index (χ0v) is 18.0. The molecule has 162 valence electrons. The Morgan fingerprint density at radius 3 is 2.27 bits per heavy atom. The molecule has 0 aliphatic rings. The number of hydrogen-bond acceptors (Lipinski definition) is 5. The van der Waals surface area contributed by atoms with Crippen LogP contribution in [0.2, 0.25) is 0 Å². The van der Waals surface area contributed by atoms with E-state index in [1.807, 2.05) is 38.1 Å². The molecule has 2 rings (SSSR count). The summed E-state index contributed by atoms with van der Waals surface area (Å²) in [4.78, 5) is 25.3. The Morgan fingerprint density at radius 2 is 1.63 bits per heavy atom. The minimum absolute atomic E-state index is 0.198. The first-order chi connectivity index (χ1) is 14.4. The van der Waals surface area contributed by atoms with Crippen LogP contribution in [0.4, 0.5) is 5.69 Å². The van der Waals surface area contributed by atoms with Gasteiger partial charge in [-0.15, -0.1) is 0 Å². The molecule has 0 saturated carbocycles. The normalized spacial score (nSPS) is 11.5. The van der Waals surface area contributed by atoms with Crippen molar-refractivity contribution in [3.8, 4) is 11.5 Å². The number of ether oxygens (including phenoxy) is 2. The van der Waals surface area contributed by atoms with E-state index in [-0.39, 0.29) is 17.7 Å². The first kappa shape index (κ1) is 23.1. The largest absolute Gasteiger partial charge is 0.497 e. The number of anilines is 1.